The lowest BCUT2D eigenvalue weighted by Gasteiger charge is -2.42. The Morgan fingerprint density at radius 3 is 2.39 bits per heavy atom. The van der Waals surface area contributed by atoms with Gasteiger partial charge in [-0.3, -0.25) is 19.5 Å². The first-order valence-electron chi connectivity index (χ1n) is 11.2. The van der Waals surface area contributed by atoms with Crippen molar-refractivity contribution in [2.24, 2.45) is 0 Å². The number of nitriles is 1. The number of carbonyl (C=O) groups is 3. The van der Waals surface area contributed by atoms with Gasteiger partial charge in [0.25, 0.3) is 0 Å². The van der Waals surface area contributed by atoms with Gasteiger partial charge in [-0.05, 0) is 55.0 Å². The molecule has 1 atom stereocenters. The van der Waals surface area contributed by atoms with E-state index in [0.717, 1.165) is 28.0 Å². The zero-order chi connectivity index (χ0) is 27.6. The topological polar surface area (TPSA) is 115 Å². The second kappa shape index (κ2) is 10.2. The highest BCUT2D eigenvalue weighted by Crippen LogP contribution is 2.41. The van der Waals surface area contributed by atoms with Crippen LogP contribution < -0.4 is 4.90 Å². The molecule has 0 radical (unpaired) electrons. The van der Waals surface area contributed by atoms with E-state index in [9.17, 15) is 37.9 Å². The van der Waals surface area contributed by atoms with Gasteiger partial charge in [0.1, 0.15) is 6.54 Å². The monoisotopic (exact) mass is 520 g/mol. The molecule has 1 unspecified atom stereocenters. The summed E-state index contributed by atoms with van der Waals surface area (Å²) in [7, 11) is 0. The van der Waals surface area contributed by atoms with Crippen molar-refractivity contribution in [3.05, 3.63) is 107 Å². The summed E-state index contributed by atoms with van der Waals surface area (Å²) in [6.07, 6.45) is -1.95. The number of carboxylic acid groups (broad SMARTS) is 1. The summed E-state index contributed by atoms with van der Waals surface area (Å²) in [5.41, 5.74) is -0.433. The van der Waals surface area contributed by atoms with Crippen molar-refractivity contribution in [2.45, 2.75) is 19.1 Å². The number of aliphatic carboxylic acids is 1. The van der Waals surface area contributed by atoms with Crippen LogP contribution >= 0.6 is 0 Å². The number of aromatic nitrogens is 1. The van der Waals surface area contributed by atoms with Crippen LogP contribution in [0.5, 0.6) is 0 Å². The predicted octanol–water partition coefficient (Wildman–Crippen LogP) is 5.20. The molecule has 0 spiro atoms. The average Bonchev–Trinajstić information content (AvgIpc) is 2.90. The van der Waals surface area contributed by atoms with Crippen LogP contribution in [0.4, 0.5) is 23.7 Å². The zero-order valence-electron chi connectivity index (χ0n) is 19.8. The molecule has 11 heteroatoms. The molecular formula is C27H19F3N4O4. The Morgan fingerprint density at radius 1 is 1.11 bits per heavy atom. The normalized spacial score (nSPS) is 15.9. The lowest BCUT2D eigenvalue weighted by atomic mass is 9.87. The van der Waals surface area contributed by atoms with Gasteiger partial charge in [0.2, 0.25) is 0 Å². The summed E-state index contributed by atoms with van der Waals surface area (Å²) in [5.74, 6) is -1.99. The van der Waals surface area contributed by atoms with Crippen LogP contribution in [0.2, 0.25) is 0 Å². The zero-order valence-corrected chi connectivity index (χ0v) is 19.8. The third-order valence-electron chi connectivity index (χ3n) is 6.01. The number of pyridine rings is 1. The maximum Gasteiger partial charge on any atom is 0.416 e. The summed E-state index contributed by atoms with van der Waals surface area (Å²) in [6.45, 7) is 0.562. The number of rotatable bonds is 6. The molecule has 2 amide bonds. The number of carboxylic acids is 1. The van der Waals surface area contributed by atoms with Gasteiger partial charge in [-0.2, -0.15) is 18.4 Å². The Labute approximate surface area is 214 Å². The lowest BCUT2D eigenvalue weighted by Crippen LogP contribution is -2.52. The number of hydrogen-bond donors (Lipinski definition) is 1. The van der Waals surface area contributed by atoms with E-state index in [2.05, 4.69) is 4.98 Å². The lowest BCUT2D eigenvalue weighted by molar-refractivity contribution is -0.138. The van der Waals surface area contributed by atoms with E-state index in [4.69, 9.17) is 0 Å². The molecule has 1 aliphatic heterocycles. The van der Waals surface area contributed by atoms with Crippen LogP contribution in [0.25, 0.3) is 0 Å². The molecule has 0 aliphatic carbocycles. The Balaban J connectivity index is 1.99. The molecular weight excluding hydrogens is 501 g/mol. The van der Waals surface area contributed by atoms with Gasteiger partial charge in [0, 0.05) is 29.2 Å². The quantitative estimate of drug-likeness (QED) is 0.447. The molecule has 2 heterocycles. The van der Waals surface area contributed by atoms with E-state index in [1.807, 2.05) is 6.07 Å². The number of benzene rings is 2. The van der Waals surface area contributed by atoms with E-state index >= 15 is 0 Å². The van der Waals surface area contributed by atoms with Gasteiger partial charge < -0.3 is 10.0 Å². The molecule has 0 saturated heterocycles. The highest BCUT2D eigenvalue weighted by Gasteiger charge is 2.43. The molecule has 3 aromatic rings. The predicted molar refractivity (Wildman–Crippen MR) is 129 cm³/mol. The molecule has 0 bridgehead atoms. The number of anilines is 1. The van der Waals surface area contributed by atoms with E-state index in [1.54, 1.807) is 0 Å². The third kappa shape index (κ3) is 4.97. The first kappa shape index (κ1) is 26.1. The van der Waals surface area contributed by atoms with Gasteiger partial charge in [-0.1, -0.05) is 18.2 Å². The number of urea groups is 1. The van der Waals surface area contributed by atoms with Crippen LogP contribution in [-0.4, -0.2) is 39.3 Å². The minimum Gasteiger partial charge on any atom is -0.480 e. The fraction of sp³-hybridized carbons (Fsp3) is 0.148. The third-order valence-corrected chi connectivity index (χ3v) is 6.01. The number of amides is 2. The molecule has 38 heavy (non-hydrogen) atoms. The average molecular weight is 520 g/mol. The van der Waals surface area contributed by atoms with Crippen molar-refractivity contribution in [1.82, 2.24) is 9.88 Å². The van der Waals surface area contributed by atoms with Gasteiger partial charge in [0.15, 0.2) is 5.78 Å². The maximum absolute atomic E-state index is 13.8. The van der Waals surface area contributed by atoms with E-state index < -0.39 is 42.1 Å². The van der Waals surface area contributed by atoms with Gasteiger partial charge in [-0.15, -0.1) is 0 Å². The molecule has 1 N–H and O–H groups in total. The summed E-state index contributed by atoms with van der Waals surface area (Å²) in [6, 6.07) is 12.7. The van der Waals surface area contributed by atoms with Crippen LogP contribution in [0.15, 0.2) is 84.3 Å². The van der Waals surface area contributed by atoms with E-state index in [-0.39, 0.29) is 22.5 Å². The summed E-state index contributed by atoms with van der Waals surface area (Å²) < 4.78 is 40.4. The van der Waals surface area contributed by atoms with E-state index in [0.29, 0.717) is 11.1 Å². The standard InChI is InChI=1S/C27H19F3N4O4/c1-16-23(25(37)19-4-3-11-32-14-19)24(18-9-7-17(13-31)8-10-18)33(15-22(35)36)26(38)34(16)21-6-2-5-20(12-21)27(28,29)30/h2-12,14,24H,15H2,1H3,(H,35,36). The summed E-state index contributed by atoms with van der Waals surface area (Å²) in [5, 5.41) is 18.8. The van der Waals surface area contributed by atoms with Crippen molar-refractivity contribution in [3.8, 4) is 6.07 Å². The minimum atomic E-state index is -4.70. The largest absolute Gasteiger partial charge is 0.480 e. The second-order valence-corrected chi connectivity index (χ2v) is 8.39. The number of ketones is 1. The number of hydrogen-bond acceptors (Lipinski definition) is 5. The Hall–Kier alpha value is -4.98. The number of alkyl halides is 3. The van der Waals surface area contributed by atoms with E-state index in [1.165, 1.54) is 61.8 Å². The van der Waals surface area contributed by atoms with Crippen molar-refractivity contribution in [1.29, 1.82) is 5.26 Å². The Bertz CT molecular complexity index is 1480. The highest BCUT2D eigenvalue weighted by molar-refractivity contribution is 6.13. The minimum absolute atomic E-state index is 0.0269. The SMILES string of the molecule is CC1=C(C(=O)c2cccnc2)C(c2ccc(C#N)cc2)N(CC(=O)O)C(=O)N1c1cccc(C(F)(F)F)c1. The van der Waals surface area contributed by atoms with Gasteiger partial charge >= 0.3 is 18.2 Å². The number of halogens is 3. The van der Waals surface area contributed by atoms with Gasteiger partial charge in [0.05, 0.1) is 28.9 Å². The molecule has 0 fully saturated rings. The van der Waals surface area contributed by atoms with Crippen LogP contribution in [0.3, 0.4) is 0 Å². The highest BCUT2D eigenvalue weighted by atomic mass is 19.4. The van der Waals surface area contributed by atoms with Crippen LogP contribution in [-0.2, 0) is 11.0 Å². The number of carbonyl (C=O) groups excluding carboxylic acids is 2. The maximum atomic E-state index is 13.8. The molecule has 8 nitrogen and oxygen atoms in total. The molecule has 1 aromatic heterocycles. The molecule has 0 saturated carbocycles. The van der Waals surface area contributed by atoms with Crippen LogP contribution in [0, 0.1) is 11.3 Å². The smallest absolute Gasteiger partial charge is 0.416 e. The molecule has 192 valence electrons. The van der Waals surface area contributed by atoms with Crippen molar-refractivity contribution >= 4 is 23.5 Å². The summed E-state index contributed by atoms with van der Waals surface area (Å²) in [4.78, 5) is 45.1. The molecule has 1 aliphatic rings. The number of nitrogens with zero attached hydrogens (tertiary/aromatic N) is 4. The molecule has 2 aromatic carbocycles. The fourth-order valence-corrected chi connectivity index (χ4v) is 4.31. The van der Waals surface area contributed by atoms with Crippen LogP contribution in [0.1, 0.15) is 40.0 Å². The first-order chi connectivity index (χ1) is 18.0. The van der Waals surface area contributed by atoms with Crippen molar-refractivity contribution in [2.75, 3.05) is 11.4 Å². The molecule has 4 rings (SSSR count). The Morgan fingerprint density at radius 2 is 1.82 bits per heavy atom. The summed E-state index contributed by atoms with van der Waals surface area (Å²) >= 11 is 0. The van der Waals surface area contributed by atoms with Crippen molar-refractivity contribution in [3.63, 3.8) is 0 Å². The fourth-order valence-electron chi connectivity index (χ4n) is 4.31. The van der Waals surface area contributed by atoms with Crippen molar-refractivity contribution < 1.29 is 32.7 Å². The Kier molecular flexibility index (Phi) is 6.99. The van der Waals surface area contributed by atoms with Gasteiger partial charge in [-0.25, -0.2) is 4.79 Å². The first-order valence-corrected chi connectivity index (χ1v) is 11.2. The second-order valence-electron chi connectivity index (χ2n) is 8.39. The number of allylic oxidation sites excluding steroid dienone is 1. The number of Topliss-reactive ketones (excluding diaryl/α,β-unsaturated/α-hetero) is 1.